The van der Waals surface area contributed by atoms with Crippen LogP contribution in [0.4, 0.5) is 17.1 Å². The molecule has 0 radical (unpaired) electrons. The van der Waals surface area contributed by atoms with Crippen LogP contribution >= 0.6 is 11.6 Å². The van der Waals surface area contributed by atoms with Gasteiger partial charge in [-0.25, -0.2) is 0 Å². The Morgan fingerprint density at radius 1 is 1.03 bits per heavy atom. The lowest BCUT2D eigenvalue weighted by atomic mass is 10.1. The Morgan fingerprint density at radius 2 is 1.71 bits per heavy atom. The van der Waals surface area contributed by atoms with Crippen LogP contribution in [-0.4, -0.2) is 41.9 Å². The van der Waals surface area contributed by atoms with Crippen molar-refractivity contribution in [3.8, 4) is 0 Å². The number of hydrogen-bond donors (Lipinski definition) is 1. The van der Waals surface area contributed by atoms with Crippen molar-refractivity contribution in [2.24, 2.45) is 0 Å². The van der Waals surface area contributed by atoms with E-state index in [0.29, 0.717) is 36.9 Å². The van der Waals surface area contributed by atoms with Gasteiger partial charge in [0.15, 0.2) is 0 Å². The summed E-state index contributed by atoms with van der Waals surface area (Å²) in [6.07, 6.45) is 3.37. The lowest BCUT2D eigenvalue weighted by Gasteiger charge is -2.36. The van der Waals surface area contributed by atoms with E-state index in [1.165, 1.54) is 0 Å². The Hall–Kier alpha value is -3.84. The maximum absolute atomic E-state index is 12.6. The number of carbonyl (C=O) groups excluding carboxylic acids is 1. The summed E-state index contributed by atoms with van der Waals surface area (Å²) < 4.78 is 0. The topological polar surface area (TPSA) is 78.7 Å². The second kappa shape index (κ2) is 11.1. The van der Waals surface area contributed by atoms with Crippen molar-refractivity contribution < 1.29 is 9.72 Å². The molecule has 4 rings (SSSR count). The average molecular weight is 491 g/mol. The third-order valence-corrected chi connectivity index (χ3v) is 6.35. The first-order chi connectivity index (χ1) is 16.9. The van der Waals surface area contributed by atoms with Gasteiger partial charge in [-0.3, -0.25) is 14.9 Å². The highest BCUT2D eigenvalue weighted by Crippen LogP contribution is 2.32. The molecule has 8 heteroatoms. The van der Waals surface area contributed by atoms with Gasteiger partial charge in [-0.05, 0) is 48.4 Å². The van der Waals surface area contributed by atoms with Gasteiger partial charge in [0.2, 0.25) is 5.91 Å². The van der Waals surface area contributed by atoms with Crippen LogP contribution in [0.5, 0.6) is 0 Å². The van der Waals surface area contributed by atoms with Crippen LogP contribution in [-0.2, 0) is 4.79 Å². The van der Waals surface area contributed by atoms with Gasteiger partial charge in [0.25, 0.3) is 5.69 Å². The van der Waals surface area contributed by atoms with Gasteiger partial charge in [0, 0.05) is 55.1 Å². The van der Waals surface area contributed by atoms with Crippen LogP contribution in [0.25, 0.3) is 6.08 Å². The van der Waals surface area contributed by atoms with Crippen molar-refractivity contribution in [3.05, 3.63) is 105 Å². The minimum absolute atomic E-state index is 0.0395. The smallest absolute Gasteiger partial charge is 0.292 e. The van der Waals surface area contributed by atoms with Gasteiger partial charge in [0.05, 0.1) is 4.92 Å². The van der Waals surface area contributed by atoms with Crippen LogP contribution in [0.3, 0.4) is 0 Å². The van der Waals surface area contributed by atoms with Gasteiger partial charge in [-0.15, -0.1) is 0 Å². The van der Waals surface area contributed by atoms with Crippen molar-refractivity contribution in [1.82, 2.24) is 4.90 Å². The number of amides is 1. The molecule has 0 aliphatic carbocycles. The summed E-state index contributed by atoms with van der Waals surface area (Å²) in [4.78, 5) is 27.8. The number of anilines is 2. The van der Waals surface area contributed by atoms with Gasteiger partial charge < -0.3 is 15.1 Å². The van der Waals surface area contributed by atoms with Crippen LogP contribution < -0.4 is 10.2 Å². The Kier molecular flexibility index (Phi) is 7.67. The summed E-state index contributed by atoms with van der Waals surface area (Å²) in [5, 5.41) is 15.6. The number of nitrogens with one attached hydrogen (secondary N) is 1. The molecule has 0 saturated carbocycles. The van der Waals surface area contributed by atoms with Crippen molar-refractivity contribution in [2.45, 2.75) is 13.0 Å². The molecule has 0 unspecified atom stereocenters. The molecule has 1 fully saturated rings. The van der Waals surface area contributed by atoms with E-state index < -0.39 is 0 Å². The maximum Gasteiger partial charge on any atom is 0.292 e. The molecule has 3 aromatic rings. The van der Waals surface area contributed by atoms with Crippen molar-refractivity contribution >= 4 is 40.6 Å². The monoisotopic (exact) mass is 490 g/mol. The van der Waals surface area contributed by atoms with E-state index in [9.17, 15) is 14.9 Å². The molecular formula is C27H27ClN4O3. The van der Waals surface area contributed by atoms with Gasteiger partial charge >= 0.3 is 0 Å². The molecule has 1 saturated heterocycles. The quantitative estimate of drug-likeness (QED) is 0.258. The predicted octanol–water partition coefficient (Wildman–Crippen LogP) is 5.78. The van der Waals surface area contributed by atoms with Crippen LogP contribution in [0.2, 0.25) is 5.02 Å². The summed E-state index contributed by atoms with van der Waals surface area (Å²) >= 11 is 5.91. The zero-order chi connectivity index (χ0) is 24.8. The Bertz CT molecular complexity index is 1210. The van der Waals surface area contributed by atoms with E-state index in [4.69, 9.17) is 11.6 Å². The number of piperazine rings is 1. The highest BCUT2D eigenvalue weighted by Gasteiger charge is 2.23. The molecule has 35 heavy (non-hydrogen) atoms. The molecule has 0 aromatic heterocycles. The average Bonchev–Trinajstić information content (AvgIpc) is 2.88. The van der Waals surface area contributed by atoms with Crippen molar-refractivity contribution in [2.75, 3.05) is 36.4 Å². The summed E-state index contributed by atoms with van der Waals surface area (Å²) in [6.45, 7) is 4.42. The SMILES string of the molecule is C[C@H](Nc1cc(N2CCN(C(=O)/C=C/c3ccc(Cl)cc3)CC2)ccc1[N+](=O)[O-])c1ccccc1. The molecule has 7 nitrogen and oxygen atoms in total. The first-order valence-electron chi connectivity index (χ1n) is 11.5. The molecule has 1 N–H and O–H groups in total. The van der Waals surface area contributed by atoms with E-state index in [2.05, 4.69) is 10.2 Å². The second-order valence-corrected chi connectivity index (χ2v) is 8.87. The maximum atomic E-state index is 12.6. The number of nitro groups is 1. The first-order valence-corrected chi connectivity index (χ1v) is 11.9. The number of nitrogens with zero attached hydrogens (tertiary/aromatic N) is 3. The molecule has 0 bridgehead atoms. The van der Waals surface area contributed by atoms with Crippen LogP contribution in [0, 0.1) is 10.1 Å². The largest absolute Gasteiger partial charge is 0.373 e. The molecule has 1 aliphatic rings. The van der Waals surface area contributed by atoms with E-state index in [0.717, 1.165) is 16.8 Å². The molecule has 1 amide bonds. The number of carbonyl (C=O) groups is 1. The zero-order valence-electron chi connectivity index (χ0n) is 19.4. The lowest BCUT2D eigenvalue weighted by Crippen LogP contribution is -2.48. The van der Waals surface area contributed by atoms with E-state index >= 15 is 0 Å². The third kappa shape index (κ3) is 6.19. The van der Waals surface area contributed by atoms with Crippen LogP contribution in [0.1, 0.15) is 24.1 Å². The van der Waals surface area contributed by atoms with Gasteiger partial charge in [0.1, 0.15) is 5.69 Å². The van der Waals surface area contributed by atoms with Crippen molar-refractivity contribution in [1.29, 1.82) is 0 Å². The predicted molar refractivity (Wildman–Crippen MR) is 141 cm³/mol. The molecule has 1 atom stereocenters. The fourth-order valence-corrected chi connectivity index (χ4v) is 4.21. The van der Waals surface area contributed by atoms with E-state index in [1.807, 2.05) is 60.4 Å². The number of benzene rings is 3. The number of rotatable bonds is 7. The Balaban J connectivity index is 1.41. The summed E-state index contributed by atoms with van der Waals surface area (Å²) in [5.41, 5.74) is 3.37. The Labute approximate surface area is 209 Å². The summed E-state index contributed by atoms with van der Waals surface area (Å²) in [5.74, 6) is -0.0395. The first kappa shape index (κ1) is 24.3. The van der Waals surface area contributed by atoms with E-state index in [1.54, 1.807) is 36.4 Å². The summed E-state index contributed by atoms with van der Waals surface area (Å²) in [6, 6.07) is 22.2. The minimum Gasteiger partial charge on any atom is -0.373 e. The number of hydrogen-bond acceptors (Lipinski definition) is 5. The van der Waals surface area contributed by atoms with Gasteiger partial charge in [-0.2, -0.15) is 0 Å². The molecule has 0 spiro atoms. The fraction of sp³-hybridized carbons (Fsp3) is 0.222. The molecule has 1 heterocycles. The van der Waals surface area contributed by atoms with Crippen LogP contribution in [0.15, 0.2) is 78.9 Å². The molecular weight excluding hydrogens is 464 g/mol. The second-order valence-electron chi connectivity index (χ2n) is 8.43. The lowest BCUT2D eigenvalue weighted by molar-refractivity contribution is -0.384. The normalized spacial score (nSPS) is 14.7. The highest BCUT2D eigenvalue weighted by molar-refractivity contribution is 6.30. The minimum atomic E-state index is -0.368. The number of nitro benzene ring substituents is 1. The van der Waals surface area contributed by atoms with E-state index in [-0.39, 0.29) is 22.6 Å². The third-order valence-electron chi connectivity index (χ3n) is 6.09. The highest BCUT2D eigenvalue weighted by atomic mass is 35.5. The number of halogens is 1. The fourth-order valence-electron chi connectivity index (χ4n) is 4.09. The molecule has 3 aromatic carbocycles. The Morgan fingerprint density at radius 3 is 2.37 bits per heavy atom. The zero-order valence-corrected chi connectivity index (χ0v) is 20.2. The summed E-state index contributed by atoms with van der Waals surface area (Å²) in [7, 11) is 0. The molecule has 180 valence electrons. The molecule has 1 aliphatic heterocycles. The van der Waals surface area contributed by atoms with Gasteiger partial charge in [-0.1, -0.05) is 54.1 Å². The van der Waals surface area contributed by atoms with Crippen molar-refractivity contribution in [3.63, 3.8) is 0 Å². The standard InChI is InChI=1S/C27H27ClN4O3/c1-20(22-5-3-2-4-6-22)29-25-19-24(12-13-26(25)32(34)35)30-15-17-31(18-16-30)27(33)14-9-21-7-10-23(28)11-8-21/h2-14,19-20,29H,15-18H2,1H3/b14-9+/t20-/m0/s1.